The fraction of sp³-hybridized carbons (Fsp3) is 0.444. The molecule has 0 radical (unpaired) electrons. The smallest absolute Gasteiger partial charge is 0.358 e. The molecular formula is C9H11F2N3O3. The van der Waals surface area contributed by atoms with E-state index in [-0.39, 0.29) is 18.1 Å². The summed E-state index contributed by atoms with van der Waals surface area (Å²) >= 11 is 0. The second kappa shape index (κ2) is 6.04. The van der Waals surface area contributed by atoms with Crippen LogP contribution in [0.15, 0.2) is 12.1 Å². The van der Waals surface area contributed by atoms with Crippen molar-refractivity contribution in [3.63, 3.8) is 0 Å². The van der Waals surface area contributed by atoms with Gasteiger partial charge in [0.15, 0.2) is 5.69 Å². The van der Waals surface area contributed by atoms with Crippen LogP contribution in [-0.2, 0) is 4.74 Å². The number of rotatable bonds is 5. The van der Waals surface area contributed by atoms with Gasteiger partial charge in [-0.25, -0.2) is 13.6 Å². The van der Waals surface area contributed by atoms with E-state index in [1.165, 1.54) is 19.2 Å². The van der Waals surface area contributed by atoms with Gasteiger partial charge in [0.2, 0.25) is 0 Å². The van der Waals surface area contributed by atoms with Crippen molar-refractivity contribution in [1.29, 1.82) is 0 Å². The molecule has 0 saturated carbocycles. The predicted molar refractivity (Wildman–Crippen MR) is 53.9 cm³/mol. The first kappa shape index (κ1) is 13.2. The molecule has 1 atom stereocenters. The number of aromatic nitrogens is 2. The maximum absolute atomic E-state index is 12.0. The Morgan fingerprint density at radius 3 is 2.71 bits per heavy atom. The Bertz CT molecular complexity index is 372. The van der Waals surface area contributed by atoms with Crippen LogP contribution in [0.1, 0.15) is 10.5 Å². The Labute approximate surface area is 95.6 Å². The summed E-state index contributed by atoms with van der Waals surface area (Å²) < 4.78 is 28.3. The van der Waals surface area contributed by atoms with Gasteiger partial charge < -0.3 is 15.2 Å². The first-order chi connectivity index (χ1) is 8.04. The summed E-state index contributed by atoms with van der Waals surface area (Å²) in [7, 11) is 1.20. The standard InChI is InChI=1S/C9H11F2N3O3/c1-17-9(16)5-2-3-7(14-13-5)12-4-6(15)8(10)11/h2-3,6,8,15H,4H2,1H3,(H,12,14). The highest BCUT2D eigenvalue weighted by atomic mass is 19.3. The number of nitrogens with one attached hydrogen (secondary N) is 1. The fourth-order valence-corrected chi connectivity index (χ4v) is 0.938. The molecule has 94 valence electrons. The van der Waals surface area contributed by atoms with Crippen molar-refractivity contribution >= 4 is 11.8 Å². The summed E-state index contributed by atoms with van der Waals surface area (Å²) in [5, 5.41) is 18.4. The number of hydrogen-bond acceptors (Lipinski definition) is 6. The molecule has 0 amide bonds. The fourth-order valence-electron chi connectivity index (χ4n) is 0.938. The summed E-state index contributed by atoms with van der Waals surface area (Å²) in [5.74, 6) is -0.464. The number of hydrogen-bond donors (Lipinski definition) is 2. The number of ether oxygens (including phenoxy) is 1. The lowest BCUT2D eigenvalue weighted by molar-refractivity contribution is 0.00380. The van der Waals surface area contributed by atoms with Gasteiger partial charge in [0.25, 0.3) is 6.43 Å². The lowest BCUT2D eigenvalue weighted by Crippen LogP contribution is -2.27. The largest absolute Gasteiger partial charge is 0.464 e. The number of methoxy groups -OCH3 is 1. The van der Waals surface area contributed by atoms with Crippen molar-refractivity contribution in [2.45, 2.75) is 12.5 Å². The van der Waals surface area contributed by atoms with Crippen LogP contribution in [0.25, 0.3) is 0 Å². The molecular weight excluding hydrogens is 236 g/mol. The molecule has 0 bridgehead atoms. The lowest BCUT2D eigenvalue weighted by atomic mass is 10.3. The highest BCUT2D eigenvalue weighted by Crippen LogP contribution is 2.05. The van der Waals surface area contributed by atoms with Crippen molar-refractivity contribution in [2.24, 2.45) is 0 Å². The third kappa shape index (κ3) is 3.91. The van der Waals surface area contributed by atoms with Gasteiger partial charge in [-0.3, -0.25) is 0 Å². The number of halogens is 2. The normalized spacial score (nSPS) is 12.3. The first-order valence-electron chi connectivity index (χ1n) is 4.66. The Kier molecular flexibility index (Phi) is 4.70. The van der Waals surface area contributed by atoms with Crippen LogP contribution in [0.3, 0.4) is 0 Å². The predicted octanol–water partition coefficient (Wildman–Crippen LogP) is 0.301. The molecule has 2 N–H and O–H groups in total. The molecule has 1 aromatic heterocycles. The highest BCUT2D eigenvalue weighted by molar-refractivity contribution is 5.86. The van der Waals surface area contributed by atoms with Crippen molar-refractivity contribution in [3.05, 3.63) is 17.8 Å². The summed E-state index contributed by atoms with van der Waals surface area (Å²) in [6.45, 7) is -0.357. The number of anilines is 1. The van der Waals surface area contributed by atoms with Crippen molar-refractivity contribution in [3.8, 4) is 0 Å². The minimum atomic E-state index is -2.83. The zero-order valence-corrected chi connectivity index (χ0v) is 8.93. The number of esters is 1. The molecule has 0 aliphatic carbocycles. The molecule has 1 rings (SSSR count). The monoisotopic (exact) mass is 247 g/mol. The topological polar surface area (TPSA) is 84.3 Å². The minimum Gasteiger partial charge on any atom is -0.464 e. The van der Waals surface area contributed by atoms with E-state index in [4.69, 9.17) is 5.11 Å². The second-order valence-electron chi connectivity index (χ2n) is 3.08. The molecule has 1 unspecified atom stereocenters. The second-order valence-corrected chi connectivity index (χ2v) is 3.08. The van der Waals surface area contributed by atoms with Gasteiger partial charge >= 0.3 is 5.97 Å². The lowest BCUT2D eigenvalue weighted by Gasteiger charge is -2.10. The van der Waals surface area contributed by atoms with E-state index >= 15 is 0 Å². The van der Waals surface area contributed by atoms with Gasteiger partial charge in [-0.05, 0) is 12.1 Å². The van der Waals surface area contributed by atoms with Crippen LogP contribution in [0.2, 0.25) is 0 Å². The van der Waals surface area contributed by atoms with E-state index in [9.17, 15) is 13.6 Å². The molecule has 1 heterocycles. The Morgan fingerprint density at radius 1 is 1.53 bits per heavy atom. The molecule has 1 aromatic rings. The molecule has 0 spiro atoms. The molecule has 8 heteroatoms. The SMILES string of the molecule is COC(=O)c1ccc(NCC(O)C(F)F)nn1. The zero-order chi connectivity index (χ0) is 12.8. The maximum Gasteiger partial charge on any atom is 0.358 e. The first-order valence-corrected chi connectivity index (χ1v) is 4.66. The number of carbonyl (C=O) groups excluding carboxylic acids is 1. The van der Waals surface area contributed by atoms with E-state index < -0.39 is 18.5 Å². The van der Waals surface area contributed by atoms with Crippen LogP contribution in [-0.4, -0.2) is 47.5 Å². The third-order valence-corrected chi connectivity index (χ3v) is 1.84. The molecule has 0 aliphatic rings. The van der Waals surface area contributed by atoms with Gasteiger partial charge in [0.1, 0.15) is 11.9 Å². The number of alkyl halides is 2. The average Bonchev–Trinajstić information content (AvgIpc) is 2.35. The third-order valence-electron chi connectivity index (χ3n) is 1.84. The van der Waals surface area contributed by atoms with E-state index in [1.54, 1.807) is 0 Å². The van der Waals surface area contributed by atoms with Gasteiger partial charge in [-0.2, -0.15) is 0 Å². The summed E-state index contributed by atoms with van der Waals surface area (Å²) in [6.07, 6.45) is -4.61. The summed E-state index contributed by atoms with van der Waals surface area (Å²) in [4.78, 5) is 11.0. The van der Waals surface area contributed by atoms with E-state index in [0.29, 0.717) is 0 Å². The van der Waals surface area contributed by atoms with Crippen LogP contribution < -0.4 is 5.32 Å². The molecule has 17 heavy (non-hydrogen) atoms. The number of nitrogens with zero attached hydrogens (tertiary/aromatic N) is 2. The van der Waals surface area contributed by atoms with Crippen LogP contribution in [0.4, 0.5) is 14.6 Å². The summed E-state index contributed by atoms with van der Waals surface area (Å²) in [5.41, 5.74) is 0.00691. The van der Waals surface area contributed by atoms with Gasteiger partial charge in [-0.15, -0.1) is 10.2 Å². The van der Waals surface area contributed by atoms with Gasteiger partial charge in [-0.1, -0.05) is 0 Å². The van der Waals surface area contributed by atoms with E-state index in [2.05, 4.69) is 20.3 Å². The molecule has 0 fully saturated rings. The van der Waals surface area contributed by atoms with E-state index in [1.807, 2.05) is 0 Å². The van der Waals surface area contributed by atoms with Crippen LogP contribution in [0, 0.1) is 0 Å². The Hall–Kier alpha value is -1.83. The number of aliphatic hydroxyl groups is 1. The number of aliphatic hydroxyl groups excluding tert-OH is 1. The molecule has 0 aliphatic heterocycles. The number of carbonyl (C=O) groups is 1. The maximum atomic E-state index is 12.0. The molecule has 0 saturated heterocycles. The van der Waals surface area contributed by atoms with E-state index in [0.717, 1.165) is 0 Å². The quantitative estimate of drug-likeness (QED) is 0.728. The summed E-state index contributed by atoms with van der Waals surface area (Å²) in [6, 6.07) is 2.70. The van der Waals surface area contributed by atoms with Gasteiger partial charge in [0.05, 0.1) is 7.11 Å². The zero-order valence-electron chi connectivity index (χ0n) is 8.93. The van der Waals surface area contributed by atoms with Crippen molar-refractivity contribution in [1.82, 2.24) is 10.2 Å². The van der Waals surface area contributed by atoms with Gasteiger partial charge in [0, 0.05) is 6.54 Å². The Morgan fingerprint density at radius 2 is 2.24 bits per heavy atom. The van der Waals surface area contributed by atoms with Crippen LogP contribution >= 0.6 is 0 Å². The molecule has 0 aromatic carbocycles. The minimum absolute atomic E-state index is 0.00691. The van der Waals surface area contributed by atoms with Crippen molar-refractivity contribution in [2.75, 3.05) is 19.0 Å². The Balaban J connectivity index is 2.54. The van der Waals surface area contributed by atoms with Crippen molar-refractivity contribution < 1.29 is 23.4 Å². The van der Waals surface area contributed by atoms with Crippen LogP contribution in [0.5, 0.6) is 0 Å². The highest BCUT2D eigenvalue weighted by Gasteiger charge is 2.16. The molecule has 6 nitrogen and oxygen atoms in total. The average molecular weight is 247 g/mol.